The van der Waals surface area contributed by atoms with Crippen LogP contribution in [0.25, 0.3) is 0 Å². The Kier molecular flexibility index (Phi) is 2.13. The van der Waals surface area contributed by atoms with Crippen LogP contribution in [0.15, 0.2) is 0 Å². The first kappa shape index (κ1) is 9.43. The minimum Gasteiger partial charge on any atom is -0.298 e. The number of likely N-dealkylation sites (N-methyl/N-ethyl adjacent to an activating group) is 1. The molecule has 0 N–H and O–H groups in total. The molecule has 0 aromatic rings. The summed E-state index contributed by atoms with van der Waals surface area (Å²) in [6, 6.07) is 0.905. The molecule has 13 heavy (non-hydrogen) atoms. The lowest BCUT2D eigenvalue weighted by atomic mass is 10.2. The van der Waals surface area contributed by atoms with Gasteiger partial charge in [-0.3, -0.25) is 4.90 Å². The van der Waals surface area contributed by atoms with E-state index in [9.17, 15) is 8.42 Å². The van der Waals surface area contributed by atoms with Gasteiger partial charge in [-0.2, -0.15) is 4.31 Å². The number of piperazine rings is 1. The van der Waals surface area contributed by atoms with Crippen molar-refractivity contribution >= 4 is 10.0 Å². The van der Waals surface area contributed by atoms with Gasteiger partial charge in [-0.1, -0.05) is 0 Å². The van der Waals surface area contributed by atoms with Crippen molar-refractivity contribution < 1.29 is 8.42 Å². The number of hydrogen-bond acceptors (Lipinski definition) is 3. The molecule has 76 valence electrons. The summed E-state index contributed by atoms with van der Waals surface area (Å²) in [6.45, 7) is 1.37. The van der Waals surface area contributed by atoms with Gasteiger partial charge in [0.15, 0.2) is 0 Å². The van der Waals surface area contributed by atoms with Gasteiger partial charge in [0.25, 0.3) is 0 Å². The Morgan fingerprint density at radius 1 is 1.15 bits per heavy atom. The maximum absolute atomic E-state index is 11.3. The van der Waals surface area contributed by atoms with E-state index in [0.29, 0.717) is 25.2 Å². The zero-order valence-corrected chi connectivity index (χ0v) is 8.92. The van der Waals surface area contributed by atoms with E-state index in [-0.39, 0.29) is 0 Å². The predicted molar refractivity (Wildman–Crippen MR) is 51.0 cm³/mol. The Hall–Kier alpha value is -0.130. The van der Waals surface area contributed by atoms with Crippen LogP contribution in [0.4, 0.5) is 0 Å². The molecule has 2 aliphatic heterocycles. The second-order valence-electron chi connectivity index (χ2n) is 4.13. The largest absolute Gasteiger partial charge is 0.298 e. The summed E-state index contributed by atoms with van der Waals surface area (Å²) >= 11 is 0. The fraction of sp³-hybridized carbons (Fsp3) is 1.00. The third-order valence-corrected chi connectivity index (χ3v) is 4.52. The van der Waals surface area contributed by atoms with Gasteiger partial charge in [0.05, 0.1) is 6.26 Å². The molecule has 2 atom stereocenters. The molecule has 0 saturated carbocycles. The summed E-state index contributed by atoms with van der Waals surface area (Å²) in [4.78, 5) is 2.32. The van der Waals surface area contributed by atoms with Crippen molar-refractivity contribution in [1.82, 2.24) is 9.21 Å². The zero-order chi connectivity index (χ0) is 9.64. The van der Waals surface area contributed by atoms with Crippen LogP contribution in [-0.4, -0.2) is 56.1 Å². The van der Waals surface area contributed by atoms with Crippen LogP contribution in [0.1, 0.15) is 12.8 Å². The van der Waals surface area contributed by atoms with Gasteiger partial charge in [0, 0.05) is 25.2 Å². The summed E-state index contributed by atoms with van der Waals surface area (Å²) < 4.78 is 24.3. The van der Waals surface area contributed by atoms with Gasteiger partial charge >= 0.3 is 0 Å². The zero-order valence-electron chi connectivity index (χ0n) is 8.10. The molecule has 0 radical (unpaired) electrons. The number of rotatable bonds is 1. The van der Waals surface area contributed by atoms with Gasteiger partial charge in [-0.25, -0.2) is 8.42 Å². The third kappa shape index (κ3) is 1.60. The third-order valence-electron chi connectivity index (χ3n) is 3.28. The molecule has 0 aromatic carbocycles. The van der Waals surface area contributed by atoms with Crippen molar-refractivity contribution in [2.75, 3.05) is 26.4 Å². The molecule has 2 heterocycles. The molecular formula is C8H16N2O2S. The summed E-state index contributed by atoms with van der Waals surface area (Å²) in [5.74, 6) is 0. The van der Waals surface area contributed by atoms with Crippen molar-refractivity contribution in [2.45, 2.75) is 24.9 Å². The normalized spacial score (nSPS) is 36.8. The molecule has 4 nitrogen and oxygen atoms in total. The van der Waals surface area contributed by atoms with Gasteiger partial charge < -0.3 is 0 Å². The number of fused-ring (bicyclic) bond motifs is 2. The molecule has 2 bridgehead atoms. The fourth-order valence-corrected chi connectivity index (χ4v) is 3.23. The second-order valence-corrected chi connectivity index (χ2v) is 6.11. The van der Waals surface area contributed by atoms with Crippen molar-refractivity contribution in [2.24, 2.45) is 0 Å². The average molecular weight is 204 g/mol. The second kappa shape index (κ2) is 2.93. The Morgan fingerprint density at radius 3 is 2.00 bits per heavy atom. The molecule has 0 amide bonds. The molecule has 2 aliphatic rings. The summed E-state index contributed by atoms with van der Waals surface area (Å²) in [7, 11) is -0.869. The van der Waals surface area contributed by atoms with Crippen molar-refractivity contribution in [3.05, 3.63) is 0 Å². The van der Waals surface area contributed by atoms with Crippen molar-refractivity contribution in [3.63, 3.8) is 0 Å². The van der Waals surface area contributed by atoms with Crippen LogP contribution < -0.4 is 0 Å². The molecule has 2 unspecified atom stereocenters. The van der Waals surface area contributed by atoms with E-state index in [1.54, 1.807) is 4.31 Å². The standard InChI is InChI=1S/C8H16N2O2S/c1-9-7-3-4-8(9)6-10(5-7)13(2,11)12/h7-8H,3-6H2,1-2H3. The highest BCUT2D eigenvalue weighted by Crippen LogP contribution is 2.29. The van der Waals surface area contributed by atoms with Crippen LogP contribution in [0, 0.1) is 0 Å². The summed E-state index contributed by atoms with van der Waals surface area (Å²) in [6.07, 6.45) is 3.60. The topological polar surface area (TPSA) is 40.6 Å². The lowest BCUT2D eigenvalue weighted by molar-refractivity contribution is 0.141. The van der Waals surface area contributed by atoms with Gasteiger partial charge in [0.2, 0.25) is 10.0 Å². The van der Waals surface area contributed by atoms with E-state index in [4.69, 9.17) is 0 Å². The molecule has 0 aliphatic carbocycles. The minimum absolute atomic E-state index is 0.452. The molecule has 2 rings (SSSR count). The van der Waals surface area contributed by atoms with E-state index >= 15 is 0 Å². The fourth-order valence-electron chi connectivity index (χ4n) is 2.35. The highest BCUT2D eigenvalue weighted by Gasteiger charge is 2.40. The highest BCUT2D eigenvalue weighted by atomic mass is 32.2. The maximum Gasteiger partial charge on any atom is 0.211 e. The number of hydrogen-bond donors (Lipinski definition) is 0. The summed E-state index contributed by atoms with van der Waals surface area (Å²) in [5.41, 5.74) is 0. The first-order valence-electron chi connectivity index (χ1n) is 4.65. The van der Waals surface area contributed by atoms with Crippen LogP contribution in [0.5, 0.6) is 0 Å². The van der Waals surface area contributed by atoms with E-state index in [2.05, 4.69) is 11.9 Å². The van der Waals surface area contributed by atoms with E-state index in [0.717, 1.165) is 12.8 Å². The molecule has 2 saturated heterocycles. The first-order chi connectivity index (χ1) is 5.98. The molecular weight excluding hydrogens is 188 g/mol. The van der Waals surface area contributed by atoms with E-state index in [1.165, 1.54) is 6.26 Å². The summed E-state index contributed by atoms with van der Waals surface area (Å²) in [5, 5.41) is 0. The Labute approximate surface area is 79.6 Å². The van der Waals surface area contributed by atoms with Crippen molar-refractivity contribution in [3.8, 4) is 0 Å². The van der Waals surface area contributed by atoms with Gasteiger partial charge in [-0.15, -0.1) is 0 Å². The maximum atomic E-state index is 11.3. The van der Waals surface area contributed by atoms with Crippen molar-refractivity contribution in [1.29, 1.82) is 0 Å². The van der Waals surface area contributed by atoms with E-state index in [1.807, 2.05) is 0 Å². The predicted octanol–water partition coefficient (Wildman–Crippen LogP) is -0.276. The van der Waals surface area contributed by atoms with Gasteiger partial charge in [-0.05, 0) is 19.9 Å². The molecule has 5 heteroatoms. The lowest BCUT2D eigenvalue weighted by Crippen LogP contribution is -2.53. The monoisotopic (exact) mass is 204 g/mol. The SMILES string of the molecule is CN1C2CCC1CN(S(C)(=O)=O)C2. The Balaban J connectivity index is 2.16. The van der Waals surface area contributed by atoms with Crippen LogP contribution in [-0.2, 0) is 10.0 Å². The number of sulfonamides is 1. The lowest BCUT2D eigenvalue weighted by Gasteiger charge is -2.37. The van der Waals surface area contributed by atoms with Crippen LogP contribution in [0.2, 0.25) is 0 Å². The van der Waals surface area contributed by atoms with Gasteiger partial charge in [0.1, 0.15) is 0 Å². The molecule has 0 spiro atoms. The smallest absolute Gasteiger partial charge is 0.211 e. The Bertz CT molecular complexity index is 287. The molecule has 0 aromatic heterocycles. The quantitative estimate of drug-likeness (QED) is 0.590. The minimum atomic E-state index is -2.97. The van der Waals surface area contributed by atoms with Crippen LogP contribution in [0.3, 0.4) is 0 Å². The molecule has 2 fully saturated rings. The first-order valence-corrected chi connectivity index (χ1v) is 6.50. The van der Waals surface area contributed by atoms with Crippen LogP contribution >= 0.6 is 0 Å². The Morgan fingerprint density at radius 2 is 1.62 bits per heavy atom. The average Bonchev–Trinajstić information content (AvgIpc) is 2.29. The highest BCUT2D eigenvalue weighted by molar-refractivity contribution is 7.88. The van der Waals surface area contributed by atoms with E-state index < -0.39 is 10.0 Å². The number of nitrogens with zero attached hydrogens (tertiary/aromatic N) is 2.